The van der Waals surface area contributed by atoms with E-state index >= 15 is 0 Å². The van der Waals surface area contributed by atoms with Crippen LogP contribution in [-0.2, 0) is 4.79 Å². The molecule has 2 aliphatic rings. The summed E-state index contributed by atoms with van der Waals surface area (Å²) in [5, 5.41) is 10.6. The Balaban J connectivity index is 2.00. The van der Waals surface area contributed by atoms with Gasteiger partial charge in [0, 0.05) is 46.8 Å². The molecule has 1 aliphatic heterocycles. The summed E-state index contributed by atoms with van der Waals surface area (Å²) in [6.45, 7) is 4.21. The molecule has 0 aromatic heterocycles. The number of β-amino-alcohol motifs (C(OH)–C–C–N with tert-alkyl or cyclic N) is 1. The molecule has 0 aromatic carbocycles. The molecule has 116 valence electrons. The van der Waals surface area contributed by atoms with E-state index in [1.54, 1.807) is 4.90 Å². The van der Waals surface area contributed by atoms with Gasteiger partial charge in [-0.2, -0.15) is 0 Å². The predicted octanol–water partition coefficient (Wildman–Crippen LogP) is 0.243. The highest BCUT2D eigenvalue weighted by Crippen LogP contribution is 2.30. The van der Waals surface area contributed by atoms with Crippen molar-refractivity contribution < 1.29 is 9.90 Å². The Morgan fingerprint density at radius 2 is 1.90 bits per heavy atom. The van der Waals surface area contributed by atoms with Gasteiger partial charge in [0.2, 0.25) is 5.91 Å². The number of carbonyl (C=O) groups excluding carboxylic acids is 1. The number of carbonyl (C=O) groups is 1. The molecule has 1 amide bonds. The molecule has 1 atom stereocenters. The van der Waals surface area contributed by atoms with E-state index in [-0.39, 0.29) is 11.8 Å². The Labute approximate surface area is 122 Å². The number of likely N-dealkylation sites (N-methyl/N-ethyl adjacent to an activating group) is 1. The topological polar surface area (TPSA) is 47.0 Å². The van der Waals surface area contributed by atoms with Crippen LogP contribution in [-0.4, -0.2) is 85.2 Å². The fourth-order valence-electron chi connectivity index (χ4n) is 3.51. The smallest absolute Gasteiger partial charge is 0.227 e. The van der Waals surface area contributed by atoms with Gasteiger partial charge in [0.05, 0.1) is 11.5 Å². The largest absolute Gasteiger partial charge is 0.389 e. The first-order chi connectivity index (χ1) is 9.39. The lowest BCUT2D eigenvalue weighted by molar-refractivity contribution is -0.134. The van der Waals surface area contributed by atoms with Crippen molar-refractivity contribution in [3.8, 4) is 0 Å². The number of nitrogens with zero attached hydrogens (tertiary/aromatic N) is 3. The van der Waals surface area contributed by atoms with Gasteiger partial charge in [-0.05, 0) is 19.9 Å². The molecule has 1 saturated carbocycles. The molecule has 0 aromatic rings. The molecule has 0 unspecified atom stereocenters. The molecular formula is C15H29N3O2. The van der Waals surface area contributed by atoms with Crippen molar-refractivity contribution in [3.05, 3.63) is 0 Å². The molecule has 1 heterocycles. The SMILES string of the molecule is CN1CCN(CC2(O)CCCC2)C[C@H](C(=O)N(C)C)C1. The van der Waals surface area contributed by atoms with Crippen molar-refractivity contribution in [3.63, 3.8) is 0 Å². The maximum atomic E-state index is 12.3. The summed E-state index contributed by atoms with van der Waals surface area (Å²) in [5.41, 5.74) is -0.519. The summed E-state index contributed by atoms with van der Waals surface area (Å²) in [7, 11) is 5.72. The van der Waals surface area contributed by atoms with E-state index in [2.05, 4.69) is 16.8 Å². The van der Waals surface area contributed by atoms with Crippen molar-refractivity contribution in [2.45, 2.75) is 31.3 Å². The van der Waals surface area contributed by atoms with Gasteiger partial charge >= 0.3 is 0 Å². The average Bonchev–Trinajstić information content (AvgIpc) is 2.71. The summed E-state index contributed by atoms with van der Waals surface area (Å²) in [4.78, 5) is 18.5. The van der Waals surface area contributed by atoms with E-state index in [9.17, 15) is 9.90 Å². The highest BCUT2D eigenvalue weighted by molar-refractivity contribution is 5.78. The first-order valence-corrected chi connectivity index (χ1v) is 7.74. The van der Waals surface area contributed by atoms with Gasteiger partial charge in [0.25, 0.3) is 0 Å². The van der Waals surface area contributed by atoms with Gasteiger partial charge in [-0.25, -0.2) is 0 Å². The van der Waals surface area contributed by atoms with E-state index in [0.29, 0.717) is 0 Å². The van der Waals surface area contributed by atoms with Gasteiger partial charge in [0.1, 0.15) is 0 Å². The predicted molar refractivity (Wildman–Crippen MR) is 79.5 cm³/mol. The van der Waals surface area contributed by atoms with Gasteiger partial charge in [0.15, 0.2) is 0 Å². The van der Waals surface area contributed by atoms with Crippen LogP contribution in [0.15, 0.2) is 0 Å². The maximum Gasteiger partial charge on any atom is 0.227 e. The van der Waals surface area contributed by atoms with Crippen LogP contribution in [0.25, 0.3) is 0 Å². The van der Waals surface area contributed by atoms with Crippen LogP contribution in [0.1, 0.15) is 25.7 Å². The average molecular weight is 283 g/mol. The minimum absolute atomic E-state index is 0.0162. The fraction of sp³-hybridized carbons (Fsp3) is 0.933. The van der Waals surface area contributed by atoms with Crippen LogP contribution in [0.3, 0.4) is 0 Å². The van der Waals surface area contributed by atoms with Crippen molar-refractivity contribution >= 4 is 5.91 Å². The van der Waals surface area contributed by atoms with Crippen LogP contribution in [0.5, 0.6) is 0 Å². The van der Waals surface area contributed by atoms with E-state index in [4.69, 9.17) is 0 Å². The number of rotatable bonds is 3. The minimum atomic E-state index is -0.519. The third kappa shape index (κ3) is 3.93. The summed E-state index contributed by atoms with van der Waals surface area (Å²) in [5.74, 6) is 0.213. The van der Waals surface area contributed by atoms with Gasteiger partial charge < -0.3 is 14.9 Å². The van der Waals surface area contributed by atoms with E-state index in [1.807, 2.05) is 14.1 Å². The second kappa shape index (κ2) is 6.41. The molecule has 20 heavy (non-hydrogen) atoms. The van der Waals surface area contributed by atoms with Crippen molar-refractivity contribution in [2.75, 3.05) is 53.9 Å². The van der Waals surface area contributed by atoms with Crippen LogP contribution in [0.4, 0.5) is 0 Å². The van der Waals surface area contributed by atoms with Gasteiger partial charge in [-0.15, -0.1) is 0 Å². The molecule has 2 rings (SSSR count). The first-order valence-electron chi connectivity index (χ1n) is 7.74. The first kappa shape index (κ1) is 15.7. The van der Waals surface area contributed by atoms with Gasteiger partial charge in [-0.1, -0.05) is 12.8 Å². The highest BCUT2D eigenvalue weighted by Gasteiger charge is 2.35. The Bertz CT molecular complexity index is 340. The molecule has 0 radical (unpaired) electrons. The molecule has 1 saturated heterocycles. The van der Waals surface area contributed by atoms with Crippen molar-refractivity contribution in [1.82, 2.24) is 14.7 Å². The zero-order valence-electron chi connectivity index (χ0n) is 13.1. The lowest BCUT2D eigenvalue weighted by Crippen LogP contribution is -2.45. The van der Waals surface area contributed by atoms with Crippen LogP contribution in [0, 0.1) is 5.92 Å². The van der Waals surface area contributed by atoms with Gasteiger partial charge in [-0.3, -0.25) is 9.69 Å². The summed E-state index contributed by atoms with van der Waals surface area (Å²) < 4.78 is 0. The monoisotopic (exact) mass is 283 g/mol. The van der Waals surface area contributed by atoms with Crippen molar-refractivity contribution in [1.29, 1.82) is 0 Å². The normalized spacial score (nSPS) is 28.3. The van der Waals surface area contributed by atoms with E-state index in [1.165, 1.54) is 0 Å². The molecule has 5 heteroatoms. The molecule has 2 fully saturated rings. The number of aliphatic hydroxyl groups is 1. The summed E-state index contributed by atoms with van der Waals surface area (Å²) in [6.07, 6.45) is 4.08. The Kier molecular flexibility index (Phi) is 5.04. The number of hydrogen-bond donors (Lipinski definition) is 1. The van der Waals surface area contributed by atoms with Crippen LogP contribution < -0.4 is 0 Å². The second-order valence-corrected chi connectivity index (χ2v) is 6.86. The second-order valence-electron chi connectivity index (χ2n) is 6.86. The summed E-state index contributed by atoms with van der Waals surface area (Å²) in [6, 6.07) is 0. The quantitative estimate of drug-likeness (QED) is 0.806. The molecular weight excluding hydrogens is 254 g/mol. The van der Waals surface area contributed by atoms with Crippen LogP contribution >= 0.6 is 0 Å². The number of amides is 1. The molecule has 0 bridgehead atoms. The minimum Gasteiger partial charge on any atom is -0.389 e. The fourth-order valence-corrected chi connectivity index (χ4v) is 3.51. The zero-order chi connectivity index (χ0) is 14.8. The maximum absolute atomic E-state index is 12.3. The third-order valence-corrected chi connectivity index (χ3v) is 4.65. The molecule has 0 spiro atoms. The van der Waals surface area contributed by atoms with Crippen molar-refractivity contribution in [2.24, 2.45) is 5.92 Å². The lowest BCUT2D eigenvalue weighted by atomic mass is 10.0. The Morgan fingerprint density at radius 3 is 2.50 bits per heavy atom. The van der Waals surface area contributed by atoms with E-state index < -0.39 is 5.60 Å². The molecule has 1 aliphatic carbocycles. The Hall–Kier alpha value is -0.650. The lowest BCUT2D eigenvalue weighted by Gasteiger charge is -2.32. The highest BCUT2D eigenvalue weighted by atomic mass is 16.3. The van der Waals surface area contributed by atoms with Crippen LogP contribution in [0.2, 0.25) is 0 Å². The Morgan fingerprint density at radius 1 is 1.25 bits per heavy atom. The summed E-state index contributed by atoms with van der Waals surface area (Å²) >= 11 is 0. The van der Waals surface area contributed by atoms with E-state index in [0.717, 1.165) is 58.4 Å². The third-order valence-electron chi connectivity index (χ3n) is 4.65. The number of hydrogen-bond acceptors (Lipinski definition) is 4. The molecule has 5 nitrogen and oxygen atoms in total. The zero-order valence-corrected chi connectivity index (χ0v) is 13.1. The molecule has 1 N–H and O–H groups in total. The standard InChI is InChI=1S/C15H29N3O2/c1-16(2)14(19)13-10-17(3)8-9-18(11-13)12-15(20)6-4-5-7-15/h13,20H,4-12H2,1-3H3/t13-/m1/s1.